The Morgan fingerprint density at radius 2 is 1.89 bits per heavy atom. The van der Waals surface area contributed by atoms with Gasteiger partial charge in [-0.25, -0.2) is 9.78 Å². The zero-order valence-electron chi connectivity index (χ0n) is 15.3. The molecule has 0 bridgehead atoms. The third-order valence-electron chi connectivity index (χ3n) is 3.96. The summed E-state index contributed by atoms with van der Waals surface area (Å²) >= 11 is 6.27. The number of urea groups is 1. The van der Waals surface area contributed by atoms with Crippen molar-refractivity contribution in [2.24, 2.45) is 0 Å². The summed E-state index contributed by atoms with van der Waals surface area (Å²) < 4.78 is 0. The fraction of sp³-hybridized carbons (Fsp3) is 0.211. The first kappa shape index (κ1) is 18.7. The third-order valence-corrected chi connectivity index (χ3v) is 4.27. The number of amides is 2. The van der Waals surface area contributed by atoms with Crippen molar-refractivity contribution in [3.8, 4) is 0 Å². The van der Waals surface area contributed by atoms with E-state index in [9.17, 15) is 4.79 Å². The van der Waals surface area contributed by atoms with Gasteiger partial charge in [0, 0.05) is 14.1 Å². The molecule has 0 spiro atoms. The average Bonchev–Trinajstić information content (AvgIpc) is 3.06. The van der Waals surface area contributed by atoms with Crippen molar-refractivity contribution in [1.82, 2.24) is 20.5 Å². The SMILES string of the molecule is Cc1nc(C(NC(=O)Nc2cccc(Cl)c2N(C)C)c2ccccc2)n[nH]1. The number of aromatic nitrogens is 3. The van der Waals surface area contributed by atoms with Gasteiger partial charge in [-0.1, -0.05) is 48.0 Å². The Kier molecular flexibility index (Phi) is 5.61. The lowest BCUT2D eigenvalue weighted by Crippen LogP contribution is -2.34. The quantitative estimate of drug-likeness (QED) is 0.625. The van der Waals surface area contributed by atoms with Crippen molar-refractivity contribution in [1.29, 1.82) is 0 Å². The first-order chi connectivity index (χ1) is 13.0. The monoisotopic (exact) mass is 384 g/mol. The van der Waals surface area contributed by atoms with Gasteiger partial charge in [0.2, 0.25) is 0 Å². The summed E-state index contributed by atoms with van der Waals surface area (Å²) in [5.74, 6) is 1.17. The number of benzene rings is 2. The molecule has 7 nitrogen and oxygen atoms in total. The summed E-state index contributed by atoms with van der Waals surface area (Å²) in [6.45, 7) is 1.81. The molecule has 3 aromatic rings. The van der Waals surface area contributed by atoms with E-state index in [1.807, 2.05) is 56.3 Å². The number of rotatable bonds is 5. The Bertz CT molecular complexity index is 925. The van der Waals surface area contributed by atoms with Crippen molar-refractivity contribution in [3.63, 3.8) is 0 Å². The normalized spacial score (nSPS) is 11.7. The number of carbonyl (C=O) groups excluding carboxylic acids is 1. The number of para-hydroxylation sites is 1. The van der Waals surface area contributed by atoms with Crippen LogP contribution in [0.5, 0.6) is 0 Å². The number of carbonyl (C=O) groups is 1. The minimum absolute atomic E-state index is 0.378. The highest BCUT2D eigenvalue weighted by Crippen LogP contribution is 2.32. The summed E-state index contributed by atoms with van der Waals surface area (Å²) in [6.07, 6.45) is 0. The van der Waals surface area contributed by atoms with E-state index in [1.54, 1.807) is 18.2 Å². The van der Waals surface area contributed by atoms with Gasteiger partial charge in [0.15, 0.2) is 5.82 Å². The fourth-order valence-corrected chi connectivity index (χ4v) is 3.14. The molecule has 0 aliphatic heterocycles. The smallest absolute Gasteiger partial charge is 0.320 e. The molecule has 3 N–H and O–H groups in total. The number of nitrogens with one attached hydrogen (secondary N) is 3. The second-order valence-corrected chi connectivity index (χ2v) is 6.66. The first-order valence-corrected chi connectivity index (χ1v) is 8.80. The lowest BCUT2D eigenvalue weighted by Gasteiger charge is -2.21. The van der Waals surface area contributed by atoms with Crippen LogP contribution in [0.2, 0.25) is 5.02 Å². The molecule has 0 fully saturated rings. The van der Waals surface area contributed by atoms with Gasteiger partial charge >= 0.3 is 6.03 Å². The molecule has 1 aromatic heterocycles. The van der Waals surface area contributed by atoms with Crippen molar-refractivity contribution in [3.05, 3.63) is 70.8 Å². The average molecular weight is 385 g/mol. The molecule has 3 rings (SSSR count). The van der Waals surface area contributed by atoms with E-state index in [1.165, 1.54) is 0 Å². The van der Waals surface area contributed by atoms with Gasteiger partial charge in [-0.15, -0.1) is 0 Å². The van der Waals surface area contributed by atoms with Crippen LogP contribution in [-0.4, -0.2) is 35.3 Å². The number of aryl methyl sites for hydroxylation is 1. The fourth-order valence-electron chi connectivity index (χ4n) is 2.79. The van der Waals surface area contributed by atoms with Crippen molar-refractivity contribution < 1.29 is 4.79 Å². The van der Waals surface area contributed by atoms with Gasteiger partial charge in [0.05, 0.1) is 16.4 Å². The molecule has 2 aromatic carbocycles. The second-order valence-electron chi connectivity index (χ2n) is 6.25. The van der Waals surface area contributed by atoms with E-state index in [2.05, 4.69) is 25.8 Å². The molecule has 2 amide bonds. The highest BCUT2D eigenvalue weighted by molar-refractivity contribution is 6.34. The summed E-state index contributed by atoms with van der Waals surface area (Å²) in [5, 5.41) is 13.4. The second kappa shape index (κ2) is 8.09. The Morgan fingerprint density at radius 1 is 1.15 bits per heavy atom. The van der Waals surface area contributed by atoms with Gasteiger partial charge in [0.25, 0.3) is 0 Å². The van der Waals surface area contributed by atoms with Crippen LogP contribution in [0.25, 0.3) is 0 Å². The Balaban J connectivity index is 1.85. The van der Waals surface area contributed by atoms with Crippen LogP contribution in [0.15, 0.2) is 48.5 Å². The first-order valence-electron chi connectivity index (χ1n) is 8.43. The number of hydrogen-bond donors (Lipinski definition) is 3. The number of H-pyrrole nitrogens is 1. The van der Waals surface area contributed by atoms with Crippen molar-refractivity contribution >= 4 is 29.0 Å². The molecule has 0 saturated heterocycles. The maximum Gasteiger partial charge on any atom is 0.320 e. The number of anilines is 2. The zero-order chi connectivity index (χ0) is 19.4. The Hall–Kier alpha value is -3.06. The highest BCUT2D eigenvalue weighted by atomic mass is 35.5. The largest absolute Gasteiger partial charge is 0.375 e. The number of nitrogens with zero attached hydrogens (tertiary/aromatic N) is 3. The molecule has 1 atom stereocenters. The van der Waals surface area contributed by atoms with Crippen LogP contribution >= 0.6 is 11.6 Å². The molecule has 0 aliphatic carbocycles. The molecule has 0 saturated carbocycles. The maximum absolute atomic E-state index is 12.7. The van der Waals surface area contributed by atoms with Crippen LogP contribution in [0.4, 0.5) is 16.2 Å². The van der Waals surface area contributed by atoms with Crippen LogP contribution in [0, 0.1) is 6.92 Å². The minimum Gasteiger partial charge on any atom is -0.375 e. The van der Waals surface area contributed by atoms with Gasteiger partial charge in [-0.05, 0) is 24.6 Å². The van der Waals surface area contributed by atoms with Gasteiger partial charge in [-0.2, -0.15) is 5.10 Å². The lowest BCUT2D eigenvalue weighted by atomic mass is 10.1. The standard InChI is InChI=1S/C19H21ClN6O/c1-12-21-18(25-24-12)16(13-8-5-4-6-9-13)23-19(27)22-15-11-7-10-14(20)17(15)26(2)3/h4-11,16H,1-3H3,(H,21,24,25)(H2,22,23,27). The van der Waals surface area contributed by atoms with Gasteiger partial charge < -0.3 is 15.5 Å². The predicted octanol–water partition coefficient (Wildman–Crippen LogP) is 3.74. The predicted molar refractivity (Wildman–Crippen MR) is 107 cm³/mol. The van der Waals surface area contributed by atoms with Crippen molar-refractivity contribution in [2.75, 3.05) is 24.3 Å². The third kappa shape index (κ3) is 4.38. The summed E-state index contributed by atoms with van der Waals surface area (Å²) in [6, 6.07) is 14.1. The van der Waals surface area contributed by atoms with Crippen LogP contribution in [0.1, 0.15) is 23.3 Å². The van der Waals surface area contributed by atoms with E-state index in [0.717, 1.165) is 11.3 Å². The molecule has 140 valence electrons. The molecule has 1 heterocycles. The minimum atomic E-state index is -0.488. The number of halogens is 1. The van der Waals surface area contributed by atoms with Gasteiger partial charge in [0.1, 0.15) is 11.9 Å². The van der Waals surface area contributed by atoms with E-state index in [0.29, 0.717) is 22.4 Å². The Labute approximate surface area is 162 Å². The zero-order valence-corrected chi connectivity index (χ0v) is 16.1. The van der Waals surface area contributed by atoms with E-state index in [-0.39, 0.29) is 6.03 Å². The molecule has 0 radical (unpaired) electrons. The molecular weight excluding hydrogens is 364 g/mol. The lowest BCUT2D eigenvalue weighted by molar-refractivity contribution is 0.249. The Morgan fingerprint density at radius 3 is 2.52 bits per heavy atom. The maximum atomic E-state index is 12.7. The van der Waals surface area contributed by atoms with E-state index >= 15 is 0 Å². The number of hydrogen-bond acceptors (Lipinski definition) is 4. The van der Waals surface area contributed by atoms with Crippen LogP contribution in [0.3, 0.4) is 0 Å². The topological polar surface area (TPSA) is 85.9 Å². The molecule has 8 heteroatoms. The number of aromatic amines is 1. The van der Waals surface area contributed by atoms with Gasteiger partial charge in [-0.3, -0.25) is 5.10 Å². The van der Waals surface area contributed by atoms with E-state index < -0.39 is 6.04 Å². The molecule has 27 heavy (non-hydrogen) atoms. The highest BCUT2D eigenvalue weighted by Gasteiger charge is 2.21. The summed E-state index contributed by atoms with van der Waals surface area (Å²) in [4.78, 5) is 18.9. The van der Waals surface area contributed by atoms with Crippen molar-refractivity contribution in [2.45, 2.75) is 13.0 Å². The molecule has 0 aliphatic rings. The van der Waals surface area contributed by atoms with Crippen LogP contribution < -0.4 is 15.5 Å². The summed E-state index contributed by atoms with van der Waals surface area (Å²) in [7, 11) is 3.74. The molecule has 1 unspecified atom stereocenters. The van der Waals surface area contributed by atoms with E-state index in [4.69, 9.17) is 11.6 Å². The van der Waals surface area contributed by atoms with Crippen LogP contribution in [-0.2, 0) is 0 Å². The molecular formula is C19H21ClN6O. The summed E-state index contributed by atoms with van der Waals surface area (Å²) in [5.41, 5.74) is 2.23.